The van der Waals surface area contributed by atoms with Crippen LogP contribution in [-0.2, 0) is 33.6 Å². The number of hydrogen-bond acceptors (Lipinski definition) is 4. The number of nitrogens with zero attached hydrogens (tertiary/aromatic N) is 4. The van der Waals surface area contributed by atoms with E-state index in [2.05, 4.69) is 20.4 Å². The molecule has 0 radical (unpaired) electrons. The Bertz CT molecular complexity index is 2150. The molecule has 228 valence electrons. The molecule has 0 saturated carbocycles. The van der Waals surface area contributed by atoms with Crippen LogP contribution in [0.3, 0.4) is 0 Å². The fraction of sp³-hybridized carbons (Fsp3) is 0.314. The molecule has 1 atom stereocenters. The van der Waals surface area contributed by atoms with Crippen LogP contribution >= 0.6 is 0 Å². The molecule has 8 bridgehead atoms. The van der Waals surface area contributed by atoms with Gasteiger partial charge in [0.2, 0.25) is 0 Å². The Morgan fingerprint density at radius 3 is 2.29 bits per heavy atom. The molecule has 4 aromatic heterocycles. The van der Waals surface area contributed by atoms with E-state index in [1.165, 1.54) is 7.11 Å². The summed E-state index contributed by atoms with van der Waals surface area (Å²) in [7, 11) is 1.28. The molecule has 2 N–H and O–H groups in total. The van der Waals surface area contributed by atoms with E-state index in [1.54, 1.807) is 6.08 Å². The number of aliphatic hydroxyl groups excluding tert-OH is 1. The summed E-state index contributed by atoms with van der Waals surface area (Å²) >= 11 is 0. The van der Waals surface area contributed by atoms with Gasteiger partial charge in [0.1, 0.15) is 11.7 Å². The second-order valence-corrected chi connectivity index (χ2v) is 11.5. The molecule has 5 heterocycles. The van der Waals surface area contributed by atoms with Crippen LogP contribution in [0.25, 0.3) is 29.6 Å². The van der Waals surface area contributed by atoms with E-state index < -0.39 is 17.9 Å². The number of hydrogen-bond donors (Lipinski definition) is 2. The number of aliphatic hydroxyl groups is 1. The molecule has 1 aliphatic heterocycles. The first kappa shape index (κ1) is 32.2. The smallest absolute Gasteiger partial charge is 0.660 e. The van der Waals surface area contributed by atoms with Crippen LogP contribution in [0.15, 0.2) is 6.58 Å². The van der Waals surface area contributed by atoms with Crippen molar-refractivity contribution in [1.82, 2.24) is 19.9 Å². The average Bonchev–Trinajstić information content (AvgIpc) is 3.72. The quantitative estimate of drug-likeness (QED) is 0.239. The fourth-order valence-corrected chi connectivity index (χ4v) is 6.73. The summed E-state index contributed by atoms with van der Waals surface area (Å²) in [5.41, 5.74) is 10.1. The van der Waals surface area contributed by atoms with Gasteiger partial charge in [-0.3, -0.25) is 9.59 Å². The molecule has 0 unspecified atom stereocenters. The molecule has 45 heavy (non-hydrogen) atoms. The number of carbonyl (C=O) groups excluding carboxylic acids is 1. The Hall–Kier alpha value is -4.15. The third kappa shape index (κ3) is 5.00. The topological polar surface area (TPSA) is 140 Å². The zero-order valence-electron chi connectivity index (χ0n) is 26.5. The number of esters is 1. The number of aliphatic carboxylic acids is 1. The van der Waals surface area contributed by atoms with Gasteiger partial charge in [-0.2, -0.15) is 11.4 Å². The standard InChI is InChI=1S/C35H34N4O5.Mg/c1-8-19-15(3)22-12-24-17(5)21(10-11-28(40)41)32(38-24)30-31(35(43)44-7)34(42)29-18(6)25(39-33(29)30)14-27-20(9-2)16(4)23(37-27)13-26(19)36-22;/h8,13-14,31,42H,1,9-12H2,2-7H3,(H,40,41);/q-4;+2/b23-13-,27-14-;/t31-;/m1./s1. The second-order valence-electron chi connectivity index (χ2n) is 11.5. The number of carboxylic acids is 1. The van der Waals surface area contributed by atoms with Crippen LogP contribution in [0.1, 0.15) is 80.8 Å². The summed E-state index contributed by atoms with van der Waals surface area (Å²) in [6.07, 6.45) is 6.94. The van der Waals surface area contributed by atoms with E-state index >= 15 is 0 Å². The van der Waals surface area contributed by atoms with Gasteiger partial charge in [-0.05, 0) is 52.5 Å². The van der Waals surface area contributed by atoms with Crippen molar-refractivity contribution < 1.29 is 24.5 Å². The van der Waals surface area contributed by atoms with Gasteiger partial charge < -0.3 is 34.9 Å². The normalized spacial score (nSPS) is 16.4. The summed E-state index contributed by atoms with van der Waals surface area (Å²) in [5.74, 6) is -2.88. The third-order valence-corrected chi connectivity index (χ3v) is 9.20. The maximum Gasteiger partial charge on any atom is 2.00 e. The van der Waals surface area contributed by atoms with E-state index in [4.69, 9.17) is 24.7 Å². The van der Waals surface area contributed by atoms with Gasteiger partial charge in [0.05, 0.1) is 7.11 Å². The number of rotatable bonds is 6. The molecule has 9 nitrogen and oxygen atoms in total. The molecule has 0 saturated heterocycles. The van der Waals surface area contributed by atoms with Crippen LogP contribution in [0.4, 0.5) is 0 Å². The van der Waals surface area contributed by atoms with Crippen LogP contribution in [0, 0.1) is 33.6 Å². The van der Waals surface area contributed by atoms with E-state index in [9.17, 15) is 19.8 Å². The van der Waals surface area contributed by atoms with Crippen molar-refractivity contribution >= 4 is 64.6 Å². The zero-order chi connectivity index (χ0) is 31.6. The number of carbonyl (C=O) groups is 2. The Morgan fingerprint density at radius 1 is 0.956 bits per heavy atom. The van der Waals surface area contributed by atoms with Gasteiger partial charge in [0, 0.05) is 11.6 Å². The van der Waals surface area contributed by atoms with Crippen molar-refractivity contribution in [1.29, 1.82) is 0 Å². The van der Waals surface area contributed by atoms with E-state index in [0.29, 0.717) is 50.8 Å². The Balaban J connectivity index is 0.00000400. The summed E-state index contributed by atoms with van der Waals surface area (Å²) < 4.78 is 5.15. The molecule has 6 rings (SSSR count). The molecular formula is C35H34MgN4O5-2. The van der Waals surface area contributed by atoms with Crippen molar-refractivity contribution in [3.05, 3.63) is 95.3 Å². The Morgan fingerprint density at radius 2 is 1.64 bits per heavy atom. The van der Waals surface area contributed by atoms with E-state index in [-0.39, 0.29) is 41.7 Å². The van der Waals surface area contributed by atoms with Gasteiger partial charge in [-0.25, -0.2) is 0 Å². The summed E-state index contributed by atoms with van der Waals surface area (Å²) in [4.78, 5) is 45.0. The van der Waals surface area contributed by atoms with Gasteiger partial charge in [-0.15, -0.1) is 33.1 Å². The molecule has 0 amide bonds. The van der Waals surface area contributed by atoms with Crippen molar-refractivity contribution in [3.63, 3.8) is 0 Å². The molecule has 10 heteroatoms. The van der Waals surface area contributed by atoms with Crippen molar-refractivity contribution in [2.45, 2.75) is 60.3 Å². The van der Waals surface area contributed by atoms with Crippen LogP contribution in [0.2, 0.25) is 0 Å². The first-order valence-corrected chi connectivity index (χ1v) is 14.7. The van der Waals surface area contributed by atoms with Gasteiger partial charge in [0.15, 0.2) is 0 Å². The molecule has 0 aromatic carbocycles. The monoisotopic (exact) mass is 614 g/mol. The maximum atomic E-state index is 13.2. The first-order chi connectivity index (χ1) is 21.0. The SMILES string of the molecule is C=Cc1c2[n-]c(c1C)Cc1[n-]c(c(CCC(=O)O)c1C)C1=c3[n-]c(c(C)c3=C(O)[C@@H]1C(=O)OC)/C=c1\[n-]/c(c(C)c1CC)=C\2.[Mg+2]. The zero-order valence-corrected chi connectivity index (χ0v) is 27.9. The average molecular weight is 615 g/mol. The van der Waals surface area contributed by atoms with E-state index in [0.717, 1.165) is 56.3 Å². The molecule has 0 spiro atoms. The largest absolute Gasteiger partial charge is 2.00 e. The predicted molar refractivity (Wildman–Crippen MR) is 172 cm³/mol. The number of ether oxygens (including phenoxy) is 1. The third-order valence-electron chi connectivity index (χ3n) is 9.20. The minimum absolute atomic E-state index is 0. The molecule has 2 aliphatic rings. The first-order valence-electron chi connectivity index (χ1n) is 14.7. The van der Waals surface area contributed by atoms with Crippen molar-refractivity contribution in [2.75, 3.05) is 7.11 Å². The van der Waals surface area contributed by atoms with Crippen LogP contribution in [-0.4, -0.2) is 52.3 Å². The number of carboxylic acid groups (broad SMARTS) is 1. The van der Waals surface area contributed by atoms with E-state index in [1.807, 2.05) is 32.9 Å². The molecular weight excluding hydrogens is 581 g/mol. The second kappa shape index (κ2) is 12.0. The van der Waals surface area contributed by atoms with Crippen LogP contribution in [0.5, 0.6) is 0 Å². The molecule has 4 aromatic rings. The number of fused-ring (bicyclic) bond motifs is 8. The number of methoxy groups -OCH3 is 1. The van der Waals surface area contributed by atoms with Crippen molar-refractivity contribution in [2.24, 2.45) is 5.92 Å². The van der Waals surface area contributed by atoms with Crippen LogP contribution < -0.4 is 41.2 Å². The molecule has 0 fully saturated rings. The predicted octanol–water partition coefficient (Wildman–Crippen LogP) is 0.821. The summed E-state index contributed by atoms with van der Waals surface area (Å²) in [6, 6.07) is 0. The Kier molecular flexibility index (Phi) is 8.58. The van der Waals surface area contributed by atoms with Crippen molar-refractivity contribution in [3.8, 4) is 0 Å². The number of aromatic nitrogens is 4. The molecule has 1 aliphatic carbocycles. The van der Waals surface area contributed by atoms with Gasteiger partial charge >= 0.3 is 35.0 Å². The minimum atomic E-state index is -1.14. The summed E-state index contributed by atoms with van der Waals surface area (Å²) in [6.45, 7) is 14.0. The summed E-state index contributed by atoms with van der Waals surface area (Å²) in [5, 5.41) is 23.7. The Labute approximate surface area is 276 Å². The fourth-order valence-electron chi connectivity index (χ4n) is 6.73. The maximum absolute atomic E-state index is 13.2. The minimum Gasteiger partial charge on any atom is -0.660 e. The van der Waals surface area contributed by atoms with Gasteiger partial charge in [0.25, 0.3) is 0 Å². The van der Waals surface area contributed by atoms with Gasteiger partial charge in [-0.1, -0.05) is 70.7 Å².